The van der Waals surface area contributed by atoms with Crippen LogP contribution in [0.4, 0.5) is 0 Å². The van der Waals surface area contributed by atoms with Crippen molar-refractivity contribution >= 4 is 24.2 Å². The Labute approximate surface area is 137 Å². The van der Waals surface area contributed by atoms with Crippen molar-refractivity contribution in [2.24, 2.45) is 5.73 Å². The maximum absolute atomic E-state index is 11.7. The summed E-state index contributed by atoms with van der Waals surface area (Å²) in [5.74, 6) is -0.427. The molecule has 2 amide bonds. The van der Waals surface area contributed by atoms with Gasteiger partial charge in [-0.3, -0.25) is 9.59 Å². The summed E-state index contributed by atoms with van der Waals surface area (Å²) in [4.78, 5) is 23.0. The molecule has 0 saturated heterocycles. The molecule has 0 fully saturated rings. The van der Waals surface area contributed by atoms with Gasteiger partial charge in [-0.1, -0.05) is 36.4 Å². The second-order valence-electron chi connectivity index (χ2n) is 4.90. The smallest absolute Gasteiger partial charge is 0.243 e. The van der Waals surface area contributed by atoms with E-state index in [1.807, 2.05) is 30.3 Å². The van der Waals surface area contributed by atoms with E-state index in [-0.39, 0.29) is 30.3 Å². The van der Waals surface area contributed by atoms with Crippen LogP contribution in [-0.4, -0.2) is 30.9 Å². The third-order valence-electron chi connectivity index (χ3n) is 3.05. The molecule has 122 valence electrons. The predicted molar refractivity (Wildman–Crippen MR) is 90.8 cm³/mol. The summed E-state index contributed by atoms with van der Waals surface area (Å²) in [5.41, 5.74) is 6.74. The second kappa shape index (κ2) is 10.8. The maximum Gasteiger partial charge on any atom is 0.243 e. The quantitative estimate of drug-likeness (QED) is 0.658. The molecule has 0 heterocycles. The largest absolute Gasteiger partial charge is 0.356 e. The third kappa shape index (κ3) is 7.81. The highest BCUT2D eigenvalue weighted by Crippen LogP contribution is 2.06. The first-order valence-electron chi connectivity index (χ1n) is 7.02. The summed E-state index contributed by atoms with van der Waals surface area (Å²) in [6.45, 7) is 1.63. The normalized spacial score (nSPS) is 13.0. The number of amides is 2. The number of hydrogen-bond donors (Lipinski definition) is 3. The average Bonchev–Trinajstić information content (AvgIpc) is 2.50. The van der Waals surface area contributed by atoms with Crippen LogP contribution in [0.25, 0.3) is 0 Å². The Morgan fingerprint density at radius 1 is 1.27 bits per heavy atom. The fourth-order valence-electron chi connectivity index (χ4n) is 1.78. The molecule has 0 saturated carbocycles. The molecule has 1 aromatic rings. The second-order valence-corrected chi connectivity index (χ2v) is 4.90. The molecule has 0 aliphatic carbocycles. The van der Waals surface area contributed by atoms with E-state index in [1.165, 1.54) is 11.6 Å². The van der Waals surface area contributed by atoms with Gasteiger partial charge in [-0.25, -0.2) is 0 Å². The van der Waals surface area contributed by atoms with Gasteiger partial charge < -0.3 is 16.4 Å². The van der Waals surface area contributed by atoms with Crippen LogP contribution < -0.4 is 16.4 Å². The molecule has 0 spiro atoms. The molecule has 1 rings (SSSR count). The third-order valence-corrected chi connectivity index (χ3v) is 3.05. The topological polar surface area (TPSA) is 84.2 Å². The molecule has 0 aliphatic rings. The zero-order valence-electron chi connectivity index (χ0n) is 12.9. The molecule has 1 aromatic carbocycles. The van der Waals surface area contributed by atoms with Crippen LogP contribution in [0.2, 0.25) is 0 Å². The van der Waals surface area contributed by atoms with Gasteiger partial charge in [-0.05, 0) is 25.3 Å². The summed E-state index contributed by atoms with van der Waals surface area (Å²) in [7, 11) is 1.56. The molecule has 0 bridgehead atoms. The van der Waals surface area contributed by atoms with Crippen molar-refractivity contribution < 1.29 is 9.59 Å². The molecule has 6 heteroatoms. The lowest BCUT2D eigenvalue weighted by Gasteiger charge is -2.16. The SMILES string of the molecule is CNC(=O)C=C[C@H](CCc1ccccc1)NC(=O)[C@H](C)N.Cl. The summed E-state index contributed by atoms with van der Waals surface area (Å²) in [6.07, 6.45) is 4.64. The van der Waals surface area contributed by atoms with Gasteiger partial charge >= 0.3 is 0 Å². The zero-order valence-corrected chi connectivity index (χ0v) is 13.7. The minimum absolute atomic E-state index is 0. The van der Waals surface area contributed by atoms with E-state index in [4.69, 9.17) is 5.73 Å². The van der Waals surface area contributed by atoms with Crippen LogP contribution in [0.3, 0.4) is 0 Å². The van der Waals surface area contributed by atoms with Gasteiger partial charge in [0.2, 0.25) is 11.8 Å². The lowest BCUT2D eigenvalue weighted by Crippen LogP contribution is -2.43. The first kappa shape index (κ1) is 20.1. The first-order chi connectivity index (χ1) is 10.0. The minimum Gasteiger partial charge on any atom is -0.356 e. The van der Waals surface area contributed by atoms with E-state index >= 15 is 0 Å². The van der Waals surface area contributed by atoms with Crippen LogP contribution in [0, 0.1) is 0 Å². The van der Waals surface area contributed by atoms with E-state index in [9.17, 15) is 9.59 Å². The molecular weight excluding hydrogens is 302 g/mol. The Morgan fingerprint density at radius 2 is 1.91 bits per heavy atom. The number of carbonyl (C=O) groups excluding carboxylic acids is 2. The van der Waals surface area contributed by atoms with Crippen LogP contribution in [0.15, 0.2) is 42.5 Å². The fraction of sp³-hybridized carbons (Fsp3) is 0.375. The van der Waals surface area contributed by atoms with Crippen molar-refractivity contribution in [1.29, 1.82) is 0 Å². The van der Waals surface area contributed by atoms with Crippen molar-refractivity contribution in [3.8, 4) is 0 Å². The van der Waals surface area contributed by atoms with Gasteiger partial charge in [0.1, 0.15) is 0 Å². The summed E-state index contributed by atoms with van der Waals surface area (Å²) < 4.78 is 0. The number of carbonyl (C=O) groups is 2. The number of aryl methyl sites for hydroxylation is 1. The molecule has 0 aromatic heterocycles. The van der Waals surface area contributed by atoms with Gasteiger partial charge in [0.15, 0.2) is 0 Å². The number of rotatable bonds is 7. The first-order valence-corrected chi connectivity index (χ1v) is 7.02. The van der Waals surface area contributed by atoms with Gasteiger partial charge in [-0.2, -0.15) is 0 Å². The maximum atomic E-state index is 11.7. The Balaban J connectivity index is 0.00000441. The van der Waals surface area contributed by atoms with Crippen LogP contribution in [0.5, 0.6) is 0 Å². The lowest BCUT2D eigenvalue weighted by atomic mass is 10.0. The van der Waals surface area contributed by atoms with Crippen LogP contribution in [0.1, 0.15) is 18.9 Å². The Bertz CT molecular complexity index is 489. The molecule has 0 radical (unpaired) electrons. The summed E-state index contributed by atoms with van der Waals surface area (Å²) >= 11 is 0. The number of hydrogen-bond acceptors (Lipinski definition) is 3. The van der Waals surface area contributed by atoms with Crippen molar-refractivity contribution in [3.63, 3.8) is 0 Å². The standard InChI is InChI=1S/C16H23N3O2.ClH/c1-12(17)16(21)19-14(10-11-15(20)18-2)9-8-13-6-4-3-5-7-13;/h3-7,10-12,14H,8-9,17H2,1-2H3,(H,18,20)(H,19,21);1H/t12-,14-;/m0./s1. The molecular formula is C16H24ClN3O2. The molecule has 5 nitrogen and oxygen atoms in total. The number of nitrogens with one attached hydrogen (secondary N) is 2. The van der Waals surface area contributed by atoms with Crippen molar-refractivity contribution in [1.82, 2.24) is 10.6 Å². The molecule has 0 unspecified atom stereocenters. The number of halogens is 1. The highest BCUT2D eigenvalue weighted by molar-refractivity contribution is 5.87. The Hall–Kier alpha value is -1.85. The monoisotopic (exact) mass is 325 g/mol. The highest BCUT2D eigenvalue weighted by Gasteiger charge is 2.13. The van der Waals surface area contributed by atoms with E-state index in [0.29, 0.717) is 6.42 Å². The van der Waals surface area contributed by atoms with Crippen LogP contribution in [-0.2, 0) is 16.0 Å². The fourth-order valence-corrected chi connectivity index (χ4v) is 1.78. The van der Waals surface area contributed by atoms with Gasteiger partial charge in [0.05, 0.1) is 6.04 Å². The Morgan fingerprint density at radius 3 is 2.45 bits per heavy atom. The van der Waals surface area contributed by atoms with E-state index in [2.05, 4.69) is 10.6 Å². The van der Waals surface area contributed by atoms with E-state index in [1.54, 1.807) is 20.0 Å². The van der Waals surface area contributed by atoms with Crippen LogP contribution >= 0.6 is 12.4 Å². The average molecular weight is 326 g/mol. The lowest BCUT2D eigenvalue weighted by molar-refractivity contribution is -0.122. The highest BCUT2D eigenvalue weighted by atomic mass is 35.5. The summed E-state index contributed by atoms with van der Waals surface area (Å²) in [6, 6.07) is 9.19. The molecule has 0 aliphatic heterocycles. The van der Waals surface area contributed by atoms with E-state index < -0.39 is 6.04 Å². The predicted octanol–water partition coefficient (Wildman–Crippen LogP) is 1.18. The van der Waals surface area contributed by atoms with Gasteiger partial charge in [0.25, 0.3) is 0 Å². The molecule has 2 atom stereocenters. The minimum atomic E-state index is -0.572. The molecule has 22 heavy (non-hydrogen) atoms. The van der Waals surface area contributed by atoms with Gasteiger partial charge in [0, 0.05) is 19.2 Å². The zero-order chi connectivity index (χ0) is 15.7. The van der Waals surface area contributed by atoms with E-state index in [0.717, 1.165) is 6.42 Å². The summed E-state index contributed by atoms with van der Waals surface area (Å²) in [5, 5.41) is 5.34. The number of nitrogens with two attached hydrogens (primary N) is 1. The van der Waals surface area contributed by atoms with Crippen molar-refractivity contribution in [2.45, 2.75) is 31.8 Å². The number of benzene rings is 1. The van der Waals surface area contributed by atoms with Crippen molar-refractivity contribution in [3.05, 3.63) is 48.0 Å². The van der Waals surface area contributed by atoms with Crippen molar-refractivity contribution in [2.75, 3.05) is 7.05 Å². The van der Waals surface area contributed by atoms with Gasteiger partial charge in [-0.15, -0.1) is 12.4 Å². The molecule has 4 N–H and O–H groups in total. The Kier molecular flexibility index (Phi) is 9.91. The number of likely N-dealkylation sites (N-methyl/N-ethyl adjacent to an activating group) is 1.